The Bertz CT molecular complexity index is 5340. The molecule has 15 nitrogen and oxygen atoms in total. The highest BCUT2D eigenvalue weighted by molar-refractivity contribution is 6.30. The summed E-state index contributed by atoms with van der Waals surface area (Å²) in [5.41, 5.74) is 5.83. The number of aryl methyl sites for hydroxylation is 4. The third-order valence-corrected chi connectivity index (χ3v) is 20.4. The van der Waals surface area contributed by atoms with Crippen molar-refractivity contribution in [2.75, 3.05) is 0 Å². The van der Waals surface area contributed by atoms with Crippen LogP contribution in [0, 0.1) is 6.92 Å². The normalized spacial score (nSPS) is 18.5. The van der Waals surface area contributed by atoms with Crippen LogP contribution in [0.25, 0.3) is 82.9 Å². The van der Waals surface area contributed by atoms with Crippen LogP contribution in [0.2, 0.25) is 5.02 Å². The fourth-order valence-corrected chi connectivity index (χ4v) is 15.7. The van der Waals surface area contributed by atoms with Crippen molar-refractivity contribution in [2.45, 2.75) is 120 Å². The number of para-hydroxylation sites is 3. The largest absolute Gasteiger partial charge is 0.328 e. The maximum Gasteiger partial charge on any atom is 0.271 e. The molecular formula is C73H66ClN9O6. The van der Waals surface area contributed by atoms with Gasteiger partial charge in [0, 0.05) is 60.1 Å². The quantitative estimate of drug-likeness (QED) is 0.134. The molecule has 0 amide bonds. The van der Waals surface area contributed by atoms with Gasteiger partial charge in [-0.2, -0.15) is 0 Å². The zero-order valence-electron chi connectivity index (χ0n) is 50.2. The van der Waals surface area contributed by atoms with E-state index in [9.17, 15) is 14.4 Å². The molecule has 6 aromatic heterocycles. The molecule has 6 aromatic carbocycles. The van der Waals surface area contributed by atoms with E-state index in [2.05, 4.69) is 31.2 Å². The Morgan fingerprint density at radius 2 is 0.798 bits per heavy atom. The van der Waals surface area contributed by atoms with Crippen molar-refractivity contribution in [1.29, 1.82) is 0 Å². The standard InChI is InChI=1S/C73H66ClN9O6/c1-41-31-34-51(40-55(41)45-21-15-23-47(38-45)66-76-69-59(62(84)52-25-8-12-29-57(52)79(69)3)71(87)81(66)49-35-32-48(74)33-36-49)83-67(77-70-61(73(83)89)64(86)54-27-10-13-30-58(54)80(70)4)46-22-14-19-43(37-46)44-20-16-24-50(39-44)82-65(42-17-6-5-7-18-42)75-68-60(72(82)88)63(85)53-26-9-11-28-56(53)78(68)2/h8-13,16,20,24-36,39-40,42-43,45-47H,5-7,14-15,17-19,21-23,37-38H2,1-4H3. The Labute approximate surface area is 515 Å². The van der Waals surface area contributed by atoms with E-state index in [1.54, 1.807) is 62.2 Å². The van der Waals surface area contributed by atoms with Gasteiger partial charge in [0.15, 0.2) is 16.9 Å². The first-order chi connectivity index (χ1) is 43.2. The molecule has 89 heavy (non-hydrogen) atoms. The highest BCUT2D eigenvalue weighted by Gasteiger charge is 2.35. The average Bonchev–Trinajstić information content (AvgIpc) is 0.807. The highest BCUT2D eigenvalue weighted by Crippen LogP contribution is 2.45. The summed E-state index contributed by atoms with van der Waals surface area (Å²) in [5.74, 6) is 1.40. The second kappa shape index (κ2) is 22.1. The fraction of sp³-hybridized carbons (Fsp3) is 0.301. The van der Waals surface area contributed by atoms with Gasteiger partial charge in [0.2, 0.25) is 16.3 Å². The number of rotatable bonds is 8. The number of pyridine rings is 3. The van der Waals surface area contributed by atoms with Gasteiger partial charge >= 0.3 is 0 Å². The molecule has 16 heteroatoms. The molecular weight excluding hydrogens is 1130 g/mol. The monoisotopic (exact) mass is 1200 g/mol. The highest BCUT2D eigenvalue weighted by atomic mass is 35.5. The Kier molecular flexibility index (Phi) is 13.9. The first-order valence-electron chi connectivity index (χ1n) is 31.3. The minimum atomic E-state index is -0.435. The predicted molar refractivity (Wildman–Crippen MR) is 354 cm³/mol. The molecule has 0 radical (unpaired) electrons. The number of aromatic nitrogens is 9. The van der Waals surface area contributed by atoms with Gasteiger partial charge in [0.25, 0.3) is 16.7 Å². The molecule has 0 saturated heterocycles. The average molecular weight is 1200 g/mol. The predicted octanol–water partition coefficient (Wildman–Crippen LogP) is 13.2. The van der Waals surface area contributed by atoms with Crippen LogP contribution < -0.4 is 33.0 Å². The third-order valence-electron chi connectivity index (χ3n) is 20.1. The van der Waals surface area contributed by atoms with Crippen LogP contribution in [0.15, 0.2) is 168 Å². The fourth-order valence-electron chi connectivity index (χ4n) is 15.6. The summed E-state index contributed by atoms with van der Waals surface area (Å²) in [6.45, 7) is 2.09. The third kappa shape index (κ3) is 9.16. The molecule has 6 heterocycles. The Hall–Kier alpha value is -9.34. The topological polar surface area (TPSA) is 171 Å². The summed E-state index contributed by atoms with van der Waals surface area (Å²) in [6, 6.07) is 43.4. The van der Waals surface area contributed by atoms with Gasteiger partial charge in [-0.15, -0.1) is 0 Å². The smallest absolute Gasteiger partial charge is 0.271 e. The zero-order chi connectivity index (χ0) is 61.1. The molecule has 15 rings (SSSR count). The van der Waals surface area contributed by atoms with E-state index in [0.29, 0.717) is 96.5 Å². The van der Waals surface area contributed by atoms with Crippen molar-refractivity contribution in [3.63, 3.8) is 0 Å². The lowest BCUT2D eigenvalue weighted by molar-refractivity contribution is 0.375. The summed E-state index contributed by atoms with van der Waals surface area (Å²) in [6.07, 6.45) is 11.1. The lowest BCUT2D eigenvalue weighted by Gasteiger charge is -2.32. The number of hydrogen-bond donors (Lipinski definition) is 0. The number of fused-ring (bicyclic) bond motifs is 6. The molecule has 0 spiro atoms. The first kappa shape index (κ1) is 56.2. The van der Waals surface area contributed by atoms with Crippen molar-refractivity contribution in [3.05, 3.63) is 240 Å². The van der Waals surface area contributed by atoms with Crippen molar-refractivity contribution in [3.8, 4) is 17.1 Å². The summed E-state index contributed by atoms with van der Waals surface area (Å²) < 4.78 is 10.6. The zero-order valence-corrected chi connectivity index (χ0v) is 51.0. The van der Waals surface area contributed by atoms with Crippen LogP contribution in [0.5, 0.6) is 0 Å². The van der Waals surface area contributed by atoms with E-state index in [1.165, 1.54) is 0 Å². The van der Waals surface area contributed by atoms with Crippen LogP contribution in [0.3, 0.4) is 0 Å². The summed E-state index contributed by atoms with van der Waals surface area (Å²) >= 11 is 6.42. The second-order valence-electron chi connectivity index (χ2n) is 25.2. The van der Waals surface area contributed by atoms with Crippen molar-refractivity contribution in [2.24, 2.45) is 21.1 Å². The van der Waals surface area contributed by atoms with E-state index in [4.69, 9.17) is 26.6 Å². The van der Waals surface area contributed by atoms with E-state index < -0.39 is 11.1 Å². The molecule has 12 aromatic rings. The van der Waals surface area contributed by atoms with Crippen molar-refractivity contribution in [1.82, 2.24) is 42.4 Å². The lowest BCUT2D eigenvalue weighted by atomic mass is 9.76. The minimum Gasteiger partial charge on any atom is -0.328 e. The van der Waals surface area contributed by atoms with Crippen molar-refractivity contribution >= 4 is 77.4 Å². The molecule has 3 saturated carbocycles. The number of halogens is 1. The molecule has 4 unspecified atom stereocenters. The van der Waals surface area contributed by atoms with Gasteiger partial charge in [-0.05, 0) is 172 Å². The maximum atomic E-state index is 15.8. The van der Waals surface area contributed by atoms with E-state index >= 15 is 14.4 Å². The van der Waals surface area contributed by atoms with Gasteiger partial charge in [0.1, 0.15) is 33.6 Å². The summed E-state index contributed by atoms with van der Waals surface area (Å²) in [5, 5.41) is 1.98. The molecule has 446 valence electrons. The van der Waals surface area contributed by atoms with Crippen LogP contribution in [-0.4, -0.2) is 42.4 Å². The second-order valence-corrected chi connectivity index (χ2v) is 25.6. The van der Waals surface area contributed by atoms with E-state index in [1.807, 2.05) is 102 Å². The molecule has 4 atom stereocenters. The number of hydrogen-bond acceptors (Lipinski definition) is 9. The number of nitrogens with zero attached hydrogens (tertiary/aromatic N) is 9. The number of benzene rings is 6. The maximum absolute atomic E-state index is 15.8. The van der Waals surface area contributed by atoms with E-state index in [0.717, 1.165) is 92.8 Å². The minimum absolute atomic E-state index is 0.00268. The SMILES string of the molecule is Cc1ccc(-n2c(C3CCCC(c4cccc(-n5c(C6CCCCC6)nc6c(c(=O)c7ccccc7n6C)c5=O)c4)C3)nc3c(c(=O)c4ccccc4n3C)c2=O)cc1C1CCCC(c2nc3c(c(=O)c4ccccc4n3C)c(=O)n2-c2ccc(Cl)cc2)C1. The summed E-state index contributed by atoms with van der Waals surface area (Å²) in [4.78, 5) is 105. The molecule has 3 aliphatic carbocycles. The molecule has 0 N–H and O–H groups in total. The lowest BCUT2D eigenvalue weighted by Crippen LogP contribution is -2.32. The van der Waals surface area contributed by atoms with E-state index in [-0.39, 0.29) is 67.6 Å². The Balaban J connectivity index is 0.842. The molecule has 3 aliphatic rings. The van der Waals surface area contributed by atoms with Gasteiger partial charge in [-0.1, -0.05) is 98.3 Å². The van der Waals surface area contributed by atoms with Crippen LogP contribution in [-0.2, 0) is 21.1 Å². The van der Waals surface area contributed by atoms with Gasteiger partial charge in [-0.3, -0.25) is 42.5 Å². The first-order valence-corrected chi connectivity index (χ1v) is 31.7. The molecule has 0 bridgehead atoms. The summed E-state index contributed by atoms with van der Waals surface area (Å²) in [7, 11) is 5.59. The van der Waals surface area contributed by atoms with Crippen LogP contribution in [0.1, 0.15) is 147 Å². The molecule has 3 fully saturated rings. The Morgan fingerprint density at radius 3 is 1.30 bits per heavy atom. The van der Waals surface area contributed by atoms with Gasteiger partial charge in [-0.25, -0.2) is 15.0 Å². The Morgan fingerprint density at radius 1 is 0.393 bits per heavy atom. The molecule has 0 aliphatic heterocycles. The van der Waals surface area contributed by atoms with Gasteiger partial charge in [0.05, 0.1) is 33.6 Å². The van der Waals surface area contributed by atoms with Crippen molar-refractivity contribution < 1.29 is 0 Å². The van der Waals surface area contributed by atoms with Crippen LogP contribution >= 0.6 is 11.6 Å². The van der Waals surface area contributed by atoms with Crippen LogP contribution in [0.4, 0.5) is 0 Å². The van der Waals surface area contributed by atoms with Gasteiger partial charge < -0.3 is 13.7 Å².